The van der Waals surface area contributed by atoms with E-state index in [4.69, 9.17) is 13.6 Å². The minimum Gasteiger partial charge on any atom is -0.606 e. The van der Waals surface area contributed by atoms with E-state index in [1.54, 1.807) is 0 Å². The Morgan fingerprint density at radius 1 is 1.11 bits per heavy atom. The molecule has 18 heavy (non-hydrogen) atoms. The van der Waals surface area contributed by atoms with Crippen LogP contribution in [0.15, 0.2) is 30.3 Å². The summed E-state index contributed by atoms with van der Waals surface area (Å²) in [5.41, 5.74) is 1.25. The Bertz CT molecular complexity index is 336. The maximum absolute atomic E-state index is 12.0. The molecular formula is C13H19O4P. The molecule has 1 aromatic rings. The summed E-state index contributed by atoms with van der Waals surface area (Å²) >= 11 is 0. The Labute approximate surface area is 109 Å². The summed E-state index contributed by atoms with van der Waals surface area (Å²) in [5.74, 6) is 0. The molecule has 0 spiro atoms. The van der Waals surface area contributed by atoms with E-state index in [0.717, 1.165) is 25.7 Å². The van der Waals surface area contributed by atoms with E-state index in [-0.39, 0.29) is 0 Å². The highest BCUT2D eigenvalue weighted by Crippen LogP contribution is 2.54. The van der Waals surface area contributed by atoms with Gasteiger partial charge in [0.1, 0.15) is 0 Å². The van der Waals surface area contributed by atoms with Gasteiger partial charge < -0.3 is 4.89 Å². The van der Waals surface area contributed by atoms with E-state index in [9.17, 15) is 4.89 Å². The van der Waals surface area contributed by atoms with Gasteiger partial charge >= 0.3 is 8.17 Å². The molecule has 4 nitrogen and oxygen atoms in total. The second-order valence-electron chi connectivity index (χ2n) is 4.24. The minimum atomic E-state index is -3.28. The number of benzene rings is 1. The molecule has 0 unspecified atom stereocenters. The number of phosphoric ester groups is 1. The van der Waals surface area contributed by atoms with Crippen LogP contribution in [0, 0.1) is 0 Å². The fourth-order valence-electron chi connectivity index (χ4n) is 1.77. The Morgan fingerprint density at radius 2 is 1.78 bits per heavy atom. The van der Waals surface area contributed by atoms with Crippen LogP contribution in [0.2, 0.25) is 0 Å². The van der Waals surface area contributed by atoms with E-state index < -0.39 is 8.17 Å². The van der Waals surface area contributed by atoms with Crippen LogP contribution in [-0.2, 0) is 20.0 Å². The zero-order valence-electron chi connectivity index (χ0n) is 10.4. The lowest BCUT2D eigenvalue weighted by molar-refractivity contribution is -0.246. The predicted octanol–water partition coefficient (Wildman–Crippen LogP) is 2.50. The van der Waals surface area contributed by atoms with Crippen molar-refractivity contribution < 1.29 is 18.5 Å². The molecular weight excluding hydrogens is 251 g/mol. The van der Waals surface area contributed by atoms with Crippen molar-refractivity contribution in [2.24, 2.45) is 0 Å². The first-order valence-electron chi connectivity index (χ1n) is 6.36. The normalized spacial score (nSPS) is 19.4. The zero-order valence-corrected chi connectivity index (χ0v) is 11.3. The van der Waals surface area contributed by atoms with Crippen molar-refractivity contribution in [2.75, 3.05) is 19.8 Å². The van der Waals surface area contributed by atoms with E-state index in [0.29, 0.717) is 19.8 Å². The van der Waals surface area contributed by atoms with Crippen molar-refractivity contribution in [1.29, 1.82) is 0 Å². The van der Waals surface area contributed by atoms with Gasteiger partial charge in [-0.1, -0.05) is 30.3 Å². The smallest absolute Gasteiger partial charge is 0.379 e. The molecule has 1 heterocycles. The molecule has 1 saturated heterocycles. The molecule has 1 aliphatic rings. The molecule has 100 valence electrons. The fourth-order valence-corrected chi connectivity index (χ4v) is 3.05. The highest BCUT2D eigenvalue weighted by atomic mass is 31.2. The summed E-state index contributed by atoms with van der Waals surface area (Å²) < 4.78 is 15.6. The molecule has 0 saturated carbocycles. The molecule has 0 bridgehead atoms. The Kier molecular flexibility index (Phi) is 5.54. The molecule has 0 radical (unpaired) electrons. The molecule has 0 amide bonds. The van der Waals surface area contributed by atoms with Gasteiger partial charge in [-0.05, 0) is 31.2 Å². The van der Waals surface area contributed by atoms with Crippen molar-refractivity contribution >= 4 is 8.17 Å². The van der Waals surface area contributed by atoms with Gasteiger partial charge in [0.25, 0.3) is 0 Å². The molecule has 1 fully saturated rings. The van der Waals surface area contributed by atoms with Gasteiger partial charge in [0, 0.05) is 0 Å². The summed E-state index contributed by atoms with van der Waals surface area (Å²) in [4.78, 5) is 12.0. The van der Waals surface area contributed by atoms with Crippen molar-refractivity contribution in [3.05, 3.63) is 35.9 Å². The van der Waals surface area contributed by atoms with Gasteiger partial charge in [0.05, 0.1) is 19.8 Å². The third-order valence-corrected chi connectivity index (χ3v) is 4.24. The number of aryl methyl sites for hydroxylation is 1. The van der Waals surface area contributed by atoms with Gasteiger partial charge in [0.15, 0.2) is 0 Å². The topological polar surface area (TPSA) is 50.8 Å². The Morgan fingerprint density at radius 3 is 2.44 bits per heavy atom. The molecule has 0 N–H and O–H groups in total. The van der Waals surface area contributed by atoms with Crippen molar-refractivity contribution in [3.63, 3.8) is 0 Å². The number of hydrogen-bond acceptors (Lipinski definition) is 4. The SMILES string of the molecule is [O-][P+]1(OCCCc2ccccc2)OCCCCO1. The molecule has 0 atom stereocenters. The van der Waals surface area contributed by atoms with Gasteiger partial charge in [-0.3, -0.25) is 0 Å². The molecule has 2 rings (SSSR count). The largest absolute Gasteiger partial charge is 0.606 e. The molecule has 0 aliphatic carbocycles. The quantitative estimate of drug-likeness (QED) is 0.609. The number of phosphoric acid groups is 1. The van der Waals surface area contributed by atoms with Crippen LogP contribution >= 0.6 is 8.17 Å². The molecule has 0 aromatic heterocycles. The van der Waals surface area contributed by atoms with Gasteiger partial charge in [-0.2, -0.15) is 13.6 Å². The van der Waals surface area contributed by atoms with Gasteiger partial charge in [-0.15, -0.1) is 0 Å². The van der Waals surface area contributed by atoms with Gasteiger partial charge in [0.2, 0.25) is 0 Å². The predicted molar refractivity (Wildman–Crippen MR) is 68.8 cm³/mol. The summed E-state index contributed by atoms with van der Waals surface area (Å²) in [6.07, 6.45) is 3.45. The van der Waals surface area contributed by atoms with Crippen LogP contribution in [0.3, 0.4) is 0 Å². The van der Waals surface area contributed by atoms with Crippen LogP contribution < -0.4 is 4.89 Å². The standard InChI is InChI=1S/C13H19O4P/c14-18(15-10-4-5-11-16-18)17-12-6-9-13-7-2-1-3-8-13/h1-3,7-8H,4-6,9-12H2. The van der Waals surface area contributed by atoms with E-state index >= 15 is 0 Å². The average Bonchev–Trinajstić information content (AvgIpc) is 2.61. The first kappa shape index (κ1) is 13.9. The van der Waals surface area contributed by atoms with E-state index in [1.165, 1.54) is 5.56 Å². The van der Waals surface area contributed by atoms with Gasteiger partial charge in [-0.25, -0.2) is 0 Å². The summed E-state index contributed by atoms with van der Waals surface area (Å²) in [5, 5.41) is 0. The summed E-state index contributed by atoms with van der Waals surface area (Å²) in [6.45, 7) is 1.30. The first-order valence-corrected chi connectivity index (χ1v) is 7.82. The fraction of sp³-hybridized carbons (Fsp3) is 0.538. The third-order valence-electron chi connectivity index (χ3n) is 2.74. The number of hydrogen-bond donors (Lipinski definition) is 0. The van der Waals surface area contributed by atoms with E-state index in [1.807, 2.05) is 18.2 Å². The average molecular weight is 270 g/mol. The van der Waals surface area contributed by atoms with Crippen LogP contribution in [0.5, 0.6) is 0 Å². The van der Waals surface area contributed by atoms with E-state index in [2.05, 4.69) is 12.1 Å². The third kappa shape index (κ3) is 4.63. The lowest BCUT2D eigenvalue weighted by atomic mass is 10.1. The summed E-state index contributed by atoms with van der Waals surface area (Å²) in [7, 11) is -3.28. The minimum absolute atomic E-state index is 0.395. The maximum Gasteiger partial charge on any atom is 0.379 e. The lowest BCUT2D eigenvalue weighted by Crippen LogP contribution is -2.18. The van der Waals surface area contributed by atoms with Crippen molar-refractivity contribution in [3.8, 4) is 0 Å². The number of rotatable bonds is 5. The maximum atomic E-state index is 12.0. The second-order valence-corrected chi connectivity index (χ2v) is 5.91. The second kappa shape index (κ2) is 7.17. The Balaban J connectivity index is 1.68. The Hall–Kier alpha value is -0.510. The van der Waals surface area contributed by atoms with Crippen LogP contribution in [0.25, 0.3) is 0 Å². The highest BCUT2D eigenvalue weighted by molar-refractivity contribution is 7.53. The van der Waals surface area contributed by atoms with Crippen molar-refractivity contribution in [1.82, 2.24) is 0 Å². The van der Waals surface area contributed by atoms with Crippen LogP contribution in [-0.4, -0.2) is 19.8 Å². The highest BCUT2D eigenvalue weighted by Gasteiger charge is 2.34. The molecule has 1 aliphatic heterocycles. The first-order chi connectivity index (χ1) is 8.79. The lowest BCUT2D eigenvalue weighted by Gasteiger charge is -2.22. The van der Waals surface area contributed by atoms with Crippen molar-refractivity contribution in [2.45, 2.75) is 25.7 Å². The van der Waals surface area contributed by atoms with Crippen LogP contribution in [0.4, 0.5) is 0 Å². The molecule has 5 heteroatoms. The molecule has 1 aromatic carbocycles. The van der Waals surface area contributed by atoms with Crippen LogP contribution in [0.1, 0.15) is 24.8 Å². The summed E-state index contributed by atoms with van der Waals surface area (Å²) in [6, 6.07) is 10.2. The monoisotopic (exact) mass is 270 g/mol. The zero-order chi connectivity index (χ0) is 12.7.